The Morgan fingerprint density at radius 3 is 2.81 bits per heavy atom. The fourth-order valence-corrected chi connectivity index (χ4v) is 3.44. The largest absolute Gasteiger partial charge is 0.451 e. The molecule has 21 heavy (non-hydrogen) atoms. The molecule has 1 aromatic heterocycles. The lowest BCUT2D eigenvalue weighted by atomic mass is 9.98. The molecule has 0 saturated heterocycles. The molecule has 4 nitrogen and oxygen atoms in total. The zero-order valence-electron chi connectivity index (χ0n) is 11.9. The average molecular weight is 352 g/mol. The zero-order chi connectivity index (χ0) is 15.0. The van der Waals surface area contributed by atoms with E-state index in [1.165, 1.54) is 0 Å². The second-order valence-electron chi connectivity index (χ2n) is 5.80. The molecule has 2 aromatic rings. The third kappa shape index (κ3) is 2.60. The number of carbonyl (C=O) groups excluding carboxylic acids is 1. The van der Waals surface area contributed by atoms with Gasteiger partial charge >= 0.3 is 0 Å². The average Bonchev–Trinajstić information content (AvgIpc) is 3.05. The van der Waals surface area contributed by atoms with Gasteiger partial charge in [-0.25, -0.2) is 0 Å². The summed E-state index contributed by atoms with van der Waals surface area (Å²) in [6.45, 7) is 1.86. The van der Waals surface area contributed by atoms with Crippen LogP contribution in [0.15, 0.2) is 27.1 Å². The van der Waals surface area contributed by atoms with Crippen molar-refractivity contribution in [3.8, 4) is 0 Å². The Morgan fingerprint density at radius 1 is 1.43 bits per heavy atom. The highest BCUT2D eigenvalue weighted by Crippen LogP contribution is 2.31. The van der Waals surface area contributed by atoms with Crippen LogP contribution in [0, 0.1) is 6.92 Å². The van der Waals surface area contributed by atoms with Gasteiger partial charge in [0, 0.05) is 15.4 Å². The maximum absolute atomic E-state index is 12.5. The van der Waals surface area contributed by atoms with Crippen molar-refractivity contribution in [2.24, 2.45) is 0 Å². The predicted octanol–water partition coefficient (Wildman–Crippen LogP) is 3.54. The molecule has 1 fully saturated rings. The summed E-state index contributed by atoms with van der Waals surface area (Å²) in [6, 6.07) is 5.68. The quantitative estimate of drug-likeness (QED) is 0.888. The van der Waals surface area contributed by atoms with Gasteiger partial charge in [0.05, 0.1) is 12.1 Å². The number of furan rings is 1. The first-order valence-corrected chi connectivity index (χ1v) is 7.96. The number of carbonyl (C=O) groups is 1. The topological polar surface area (TPSA) is 62.5 Å². The van der Waals surface area contributed by atoms with Gasteiger partial charge in [-0.1, -0.05) is 28.8 Å². The van der Waals surface area contributed by atoms with E-state index in [4.69, 9.17) is 4.42 Å². The van der Waals surface area contributed by atoms with Gasteiger partial charge < -0.3 is 14.8 Å². The summed E-state index contributed by atoms with van der Waals surface area (Å²) >= 11 is 3.43. The van der Waals surface area contributed by atoms with Crippen molar-refractivity contribution in [2.45, 2.75) is 38.1 Å². The van der Waals surface area contributed by atoms with Gasteiger partial charge in [0.1, 0.15) is 5.58 Å². The summed E-state index contributed by atoms with van der Waals surface area (Å²) in [5, 5.41) is 13.5. The van der Waals surface area contributed by atoms with E-state index in [1.807, 2.05) is 25.1 Å². The minimum atomic E-state index is -0.483. The Labute approximate surface area is 131 Å². The van der Waals surface area contributed by atoms with Gasteiger partial charge in [0.25, 0.3) is 5.91 Å². The summed E-state index contributed by atoms with van der Waals surface area (Å²) < 4.78 is 6.65. The maximum atomic E-state index is 12.5. The van der Waals surface area contributed by atoms with E-state index in [2.05, 4.69) is 21.2 Å². The van der Waals surface area contributed by atoms with E-state index in [0.717, 1.165) is 41.1 Å². The van der Waals surface area contributed by atoms with Crippen molar-refractivity contribution >= 4 is 32.8 Å². The third-order valence-electron chi connectivity index (χ3n) is 4.35. The minimum Gasteiger partial charge on any atom is -0.451 e. The highest BCUT2D eigenvalue weighted by Gasteiger charge is 2.36. The number of aliphatic hydroxyl groups excluding tert-OH is 1. The lowest BCUT2D eigenvalue weighted by molar-refractivity contribution is 0.0812. The molecule has 1 aromatic carbocycles. The van der Waals surface area contributed by atoms with Crippen LogP contribution in [-0.4, -0.2) is 23.2 Å². The second kappa shape index (κ2) is 5.46. The molecular weight excluding hydrogens is 334 g/mol. The fourth-order valence-electron chi connectivity index (χ4n) is 3.08. The summed E-state index contributed by atoms with van der Waals surface area (Å²) in [4.78, 5) is 12.5. The lowest BCUT2D eigenvalue weighted by Gasteiger charge is -2.27. The van der Waals surface area contributed by atoms with Gasteiger partial charge in [-0.15, -0.1) is 0 Å². The van der Waals surface area contributed by atoms with E-state index in [0.29, 0.717) is 11.3 Å². The van der Waals surface area contributed by atoms with Crippen molar-refractivity contribution in [3.63, 3.8) is 0 Å². The van der Waals surface area contributed by atoms with Gasteiger partial charge in [-0.2, -0.15) is 0 Å². The molecule has 1 aliphatic rings. The molecular formula is C16H18BrNO3. The number of hydrogen-bond acceptors (Lipinski definition) is 3. The Kier molecular flexibility index (Phi) is 3.80. The van der Waals surface area contributed by atoms with Crippen LogP contribution >= 0.6 is 15.9 Å². The van der Waals surface area contributed by atoms with Crippen molar-refractivity contribution in [1.29, 1.82) is 0 Å². The summed E-state index contributed by atoms with van der Waals surface area (Å²) in [5.74, 6) is 0.0959. The maximum Gasteiger partial charge on any atom is 0.287 e. The van der Waals surface area contributed by atoms with Crippen molar-refractivity contribution in [1.82, 2.24) is 5.32 Å². The SMILES string of the molecule is Cc1c(C(=O)NC2(CO)CCCC2)oc2ccc(Br)cc12. The smallest absolute Gasteiger partial charge is 0.287 e. The van der Waals surface area contributed by atoms with Crippen LogP contribution in [0.1, 0.15) is 41.8 Å². The number of benzene rings is 1. The van der Waals surface area contributed by atoms with E-state index in [-0.39, 0.29) is 12.5 Å². The zero-order valence-corrected chi connectivity index (χ0v) is 13.5. The van der Waals surface area contributed by atoms with Crippen LogP contribution in [0.4, 0.5) is 0 Å². The Balaban J connectivity index is 1.93. The molecule has 3 rings (SSSR count). The van der Waals surface area contributed by atoms with Crippen LogP contribution in [0.2, 0.25) is 0 Å². The highest BCUT2D eigenvalue weighted by atomic mass is 79.9. The summed E-state index contributed by atoms with van der Waals surface area (Å²) in [5.41, 5.74) is 1.04. The monoisotopic (exact) mass is 351 g/mol. The first kappa shape index (κ1) is 14.6. The van der Waals surface area contributed by atoms with Crippen molar-refractivity contribution in [3.05, 3.63) is 34.0 Å². The second-order valence-corrected chi connectivity index (χ2v) is 6.71. The first-order chi connectivity index (χ1) is 10.0. The molecule has 1 amide bonds. The van der Waals surface area contributed by atoms with Crippen molar-refractivity contribution in [2.75, 3.05) is 6.61 Å². The Morgan fingerprint density at radius 2 is 2.14 bits per heavy atom. The van der Waals surface area contributed by atoms with Crippen LogP contribution in [0.25, 0.3) is 11.0 Å². The number of aliphatic hydroxyl groups is 1. The molecule has 2 N–H and O–H groups in total. The molecule has 0 radical (unpaired) electrons. The molecule has 5 heteroatoms. The predicted molar refractivity (Wildman–Crippen MR) is 84.4 cm³/mol. The number of hydrogen-bond donors (Lipinski definition) is 2. The number of halogens is 1. The molecule has 1 aliphatic carbocycles. The molecule has 0 bridgehead atoms. The minimum absolute atomic E-state index is 0.0242. The van der Waals surface area contributed by atoms with E-state index < -0.39 is 5.54 Å². The Hall–Kier alpha value is -1.33. The molecule has 0 aliphatic heterocycles. The molecule has 0 atom stereocenters. The number of nitrogens with one attached hydrogen (secondary N) is 1. The van der Waals surface area contributed by atoms with Crippen LogP contribution in [-0.2, 0) is 0 Å². The van der Waals surface area contributed by atoms with Gasteiger partial charge in [-0.05, 0) is 38.0 Å². The third-order valence-corrected chi connectivity index (χ3v) is 4.84. The van der Waals surface area contributed by atoms with E-state index >= 15 is 0 Å². The fraction of sp³-hybridized carbons (Fsp3) is 0.438. The molecule has 1 saturated carbocycles. The first-order valence-electron chi connectivity index (χ1n) is 7.17. The number of rotatable bonds is 3. The number of aryl methyl sites for hydroxylation is 1. The number of amides is 1. The number of fused-ring (bicyclic) bond motifs is 1. The van der Waals surface area contributed by atoms with Gasteiger partial charge in [0.2, 0.25) is 0 Å². The molecule has 1 heterocycles. The van der Waals surface area contributed by atoms with Gasteiger partial charge in [0.15, 0.2) is 5.76 Å². The summed E-state index contributed by atoms with van der Waals surface area (Å²) in [7, 11) is 0. The summed E-state index contributed by atoms with van der Waals surface area (Å²) in [6.07, 6.45) is 3.71. The Bertz CT molecular complexity index is 686. The molecule has 0 unspecified atom stereocenters. The lowest BCUT2D eigenvalue weighted by Crippen LogP contribution is -2.49. The van der Waals surface area contributed by atoms with E-state index in [1.54, 1.807) is 0 Å². The van der Waals surface area contributed by atoms with Crippen LogP contribution in [0.5, 0.6) is 0 Å². The standard InChI is InChI=1S/C16H18BrNO3/c1-10-12-8-11(17)4-5-13(12)21-14(10)15(20)18-16(9-19)6-2-3-7-16/h4-5,8,19H,2-3,6-7,9H2,1H3,(H,18,20). The molecule has 112 valence electrons. The molecule has 0 spiro atoms. The van der Waals surface area contributed by atoms with E-state index in [9.17, 15) is 9.90 Å². The normalized spacial score (nSPS) is 17.3. The van der Waals surface area contributed by atoms with Crippen LogP contribution in [0.3, 0.4) is 0 Å². The highest BCUT2D eigenvalue weighted by molar-refractivity contribution is 9.10. The van der Waals surface area contributed by atoms with Crippen LogP contribution < -0.4 is 5.32 Å². The van der Waals surface area contributed by atoms with Crippen molar-refractivity contribution < 1.29 is 14.3 Å². The van der Waals surface area contributed by atoms with Gasteiger partial charge in [-0.3, -0.25) is 4.79 Å².